The average molecular weight is 1150 g/mol. The van der Waals surface area contributed by atoms with Crippen LogP contribution in [0.25, 0.3) is 55.7 Å². The molecule has 2 aliphatic rings. The first kappa shape index (κ1) is 56.4. The quantitative estimate of drug-likeness (QED) is 0.0396. The molecule has 0 aromatic heterocycles. The number of carbonyl (C=O) groups is 3. The van der Waals surface area contributed by atoms with Crippen molar-refractivity contribution in [1.82, 2.24) is 0 Å². The molecule has 19 heteroatoms. The number of aromatic carboxylic acids is 1. The zero-order valence-corrected chi connectivity index (χ0v) is 47.2. The number of fused-ring (bicyclic) bond motifs is 2. The molecule has 8 N–H and O–H groups in total. The van der Waals surface area contributed by atoms with Gasteiger partial charge in [0.15, 0.2) is 0 Å². The Balaban J connectivity index is 1.00. The molecule has 0 unspecified atom stereocenters. The van der Waals surface area contributed by atoms with Crippen molar-refractivity contribution >= 4 is 89.0 Å². The second-order valence-electron chi connectivity index (χ2n) is 19.9. The number of urea groups is 2. The minimum atomic E-state index is -4.91. The molecular formula is C64H54N6O11S2. The van der Waals surface area contributed by atoms with Crippen LogP contribution in [0, 0.1) is 41.5 Å². The maximum atomic E-state index is 13.7. The molecule has 83 heavy (non-hydrogen) atoms. The standard InChI is InChI=1S/C64H54N6O11S2/c1-35-32-36(2)58(69-63(73)67-46-24-20-43(21-25-46)41-12-8-7-9-13-41)37(3)57(35)65-48-28-30-50-53(33-48)81-54-34-49(29-31-51(54)56(50)52-14-10-11-15-55(52)82(75,76)77)66-59-38(4)60(40(6)61(39(59)5)83(78,79)80)70-64(74)68-47-26-22-44(23-27-47)42-16-18-45(19-17-42)62(71)72/h7-34,65H,1-6H3,(H,71,72)(H2,67,69,73)(H2,68,70,74)(H,75,76,77)(H,78,79,80). The van der Waals surface area contributed by atoms with Crippen molar-refractivity contribution in [3.63, 3.8) is 0 Å². The van der Waals surface area contributed by atoms with Crippen molar-refractivity contribution in [3.05, 3.63) is 214 Å². The number of nitrogens with zero attached hydrogens (tertiary/aromatic N) is 1. The molecule has 0 saturated carbocycles. The van der Waals surface area contributed by atoms with Crippen molar-refractivity contribution in [1.29, 1.82) is 0 Å². The first-order valence-corrected chi connectivity index (χ1v) is 28.8. The smallest absolute Gasteiger partial charge is 0.335 e. The number of aryl methyl sites for hydroxylation is 2. The van der Waals surface area contributed by atoms with Crippen molar-refractivity contribution in [2.45, 2.75) is 51.3 Å². The molecule has 0 saturated heterocycles. The minimum Gasteiger partial charge on any atom is -0.478 e. The topological polar surface area (TPSA) is 266 Å². The molecule has 1 aliphatic heterocycles. The summed E-state index contributed by atoms with van der Waals surface area (Å²) < 4.78 is 80.0. The van der Waals surface area contributed by atoms with E-state index in [1.54, 1.807) is 91.9 Å². The maximum absolute atomic E-state index is 13.7. The fraction of sp³-hybridized carbons (Fsp3) is 0.0938. The number of hydrogen-bond donors (Lipinski definition) is 8. The Labute approximate surface area is 478 Å². The van der Waals surface area contributed by atoms with Crippen LogP contribution in [0.4, 0.5) is 49.4 Å². The van der Waals surface area contributed by atoms with E-state index in [2.05, 4.69) is 26.6 Å². The first-order chi connectivity index (χ1) is 39.5. The van der Waals surface area contributed by atoms with E-state index in [1.807, 2.05) is 81.4 Å². The summed E-state index contributed by atoms with van der Waals surface area (Å²) in [6.07, 6.45) is 0. The zero-order chi connectivity index (χ0) is 59.1. The van der Waals surface area contributed by atoms with E-state index < -0.39 is 43.2 Å². The van der Waals surface area contributed by atoms with Crippen molar-refractivity contribution in [2.75, 3.05) is 26.6 Å². The molecule has 0 atom stereocenters. The number of anilines is 6. The summed E-state index contributed by atoms with van der Waals surface area (Å²) in [5.74, 6) is -0.835. The summed E-state index contributed by atoms with van der Waals surface area (Å²) in [6.45, 7) is 10.3. The van der Waals surface area contributed by atoms with Gasteiger partial charge in [-0.2, -0.15) is 16.8 Å². The van der Waals surface area contributed by atoms with Gasteiger partial charge in [0.1, 0.15) is 21.1 Å². The molecule has 0 bridgehead atoms. The van der Waals surface area contributed by atoms with Gasteiger partial charge in [-0.05, 0) is 164 Å². The van der Waals surface area contributed by atoms with E-state index in [0.717, 1.165) is 38.9 Å². The average Bonchev–Trinajstić information content (AvgIpc) is 2.62. The molecule has 8 aromatic rings. The van der Waals surface area contributed by atoms with Gasteiger partial charge in [-0.15, -0.1) is 0 Å². The molecule has 0 spiro atoms. The Morgan fingerprint density at radius 2 is 1.02 bits per heavy atom. The van der Waals surface area contributed by atoms with Gasteiger partial charge in [0.25, 0.3) is 20.2 Å². The lowest BCUT2D eigenvalue weighted by Crippen LogP contribution is -2.21. The highest BCUT2D eigenvalue weighted by atomic mass is 32.2. The SMILES string of the molecule is Cc1cc(C)c(Nc2ccc3c(-c4ccccc4S(=O)(=O)O)c4ccc(=Nc5c(C)c(NC(=O)Nc6ccc(-c7ccc(C(=O)O)cc7)cc6)c(C)c(S(=O)(=O)O)c5C)cc-4oc3c2)c(C)c1NC(=O)Nc1ccc(-c2ccccc2)cc1. The van der Waals surface area contributed by atoms with Gasteiger partial charge in [-0.3, -0.25) is 9.11 Å². The van der Waals surface area contributed by atoms with E-state index in [4.69, 9.17) is 9.41 Å². The van der Waals surface area contributed by atoms with Gasteiger partial charge in [0.2, 0.25) is 0 Å². The second-order valence-corrected chi connectivity index (χ2v) is 22.7. The van der Waals surface area contributed by atoms with E-state index in [-0.39, 0.29) is 55.2 Å². The van der Waals surface area contributed by atoms with Crippen LogP contribution in [0.5, 0.6) is 0 Å². The predicted molar refractivity (Wildman–Crippen MR) is 324 cm³/mol. The summed E-state index contributed by atoms with van der Waals surface area (Å²) in [5, 5.41) is 25.0. The van der Waals surface area contributed by atoms with Crippen LogP contribution >= 0.6 is 0 Å². The van der Waals surface area contributed by atoms with Crippen LogP contribution < -0.4 is 31.9 Å². The summed E-state index contributed by atoms with van der Waals surface area (Å²) >= 11 is 0. The van der Waals surface area contributed by atoms with Gasteiger partial charge in [-0.25, -0.2) is 19.4 Å². The normalized spacial score (nSPS) is 11.8. The van der Waals surface area contributed by atoms with E-state index in [9.17, 15) is 45.4 Å². The lowest BCUT2D eigenvalue weighted by molar-refractivity contribution is 0.0696. The third-order valence-corrected chi connectivity index (χ3v) is 16.4. The zero-order valence-electron chi connectivity index (χ0n) is 45.5. The number of carboxylic acids is 1. The highest BCUT2D eigenvalue weighted by Crippen LogP contribution is 2.44. The van der Waals surface area contributed by atoms with Crippen LogP contribution in [0.2, 0.25) is 0 Å². The molecule has 1 heterocycles. The largest absolute Gasteiger partial charge is 0.478 e. The lowest BCUT2D eigenvalue weighted by Gasteiger charge is -2.21. The molecule has 418 valence electrons. The van der Waals surface area contributed by atoms with Crippen molar-refractivity contribution in [2.24, 2.45) is 4.99 Å². The Morgan fingerprint density at radius 3 is 1.61 bits per heavy atom. The molecule has 0 radical (unpaired) electrons. The molecule has 0 fully saturated rings. The number of nitrogens with one attached hydrogen (secondary N) is 5. The number of benzene rings is 9. The van der Waals surface area contributed by atoms with Crippen LogP contribution in [0.3, 0.4) is 0 Å². The highest BCUT2D eigenvalue weighted by Gasteiger charge is 2.27. The molecular weight excluding hydrogens is 1090 g/mol. The van der Waals surface area contributed by atoms with Gasteiger partial charge < -0.3 is 36.1 Å². The number of hydrogen-bond acceptors (Lipinski definition) is 10. The molecule has 10 rings (SSSR count). The highest BCUT2D eigenvalue weighted by molar-refractivity contribution is 7.86. The third kappa shape index (κ3) is 11.8. The van der Waals surface area contributed by atoms with Crippen LogP contribution in [0.1, 0.15) is 43.7 Å². The van der Waals surface area contributed by atoms with E-state index >= 15 is 0 Å². The van der Waals surface area contributed by atoms with Gasteiger partial charge in [0, 0.05) is 57.0 Å². The van der Waals surface area contributed by atoms with E-state index in [0.29, 0.717) is 50.5 Å². The molecule has 1 aliphatic carbocycles. The van der Waals surface area contributed by atoms with Gasteiger partial charge in [0.05, 0.1) is 28.0 Å². The number of carbonyl (C=O) groups excluding carboxylic acids is 2. The Bertz CT molecular complexity index is 4530. The number of carboxylic acid groups (broad SMARTS) is 1. The fourth-order valence-corrected chi connectivity index (χ4v) is 12.1. The van der Waals surface area contributed by atoms with Gasteiger partial charge >= 0.3 is 18.0 Å². The Hall–Kier alpha value is -9.92. The summed E-state index contributed by atoms with van der Waals surface area (Å²) in [7, 11) is -9.67. The number of rotatable bonds is 13. The van der Waals surface area contributed by atoms with E-state index in [1.165, 1.54) is 38.1 Å². The monoisotopic (exact) mass is 1150 g/mol. The summed E-state index contributed by atoms with van der Waals surface area (Å²) in [4.78, 5) is 42.6. The van der Waals surface area contributed by atoms with Crippen LogP contribution in [0.15, 0.2) is 189 Å². The molecule has 8 aromatic carbocycles. The fourth-order valence-electron chi connectivity index (χ4n) is 10.5. The molecule has 17 nitrogen and oxygen atoms in total. The Kier molecular flexibility index (Phi) is 15.3. The molecule has 4 amide bonds. The minimum absolute atomic E-state index is 0.0540. The van der Waals surface area contributed by atoms with Crippen molar-refractivity contribution < 1.29 is 49.8 Å². The Morgan fingerprint density at radius 1 is 0.482 bits per heavy atom. The number of amides is 4. The van der Waals surface area contributed by atoms with Gasteiger partial charge in [-0.1, -0.05) is 91.0 Å². The van der Waals surface area contributed by atoms with Crippen molar-refractivity contribution in [3.8, 4) is 44.7 Å². The summed E-state index contributed by atoms with van der Waals surface area (Å²) in [5.41, 5.74) is 11.0. The maximum Gasteiger partial charge on any atom is 0.335 e. The predicted octanol–water partition coefficient (Wildman–Crippen LogP) is 14.8. The third-order valence-electron chi connectivity index (χ3n) is 14.4. The summed E-state index contributed by atoms with van der Waals surface area (Å²) in [6, 6.07) is 47.5. The second kappa shape index (κ2) is 22.6. The van der Waals surface area contributed by atoms with Crippen LogP contribution in [-0.2, 0) is 20.2 Å². The van der Waals surface area contributed by atoms with Crippen LogP contribution in [-0.4, -0.2) is 49.1 Å². The first-order valence-electron chi connectivity index (χ1n) is 25.9. The lowest BCUT2D eigenvalue weighted by atomic mass is 9.93.